The molecule has 1 aromatic rings. The highest BCUT2D eigenvalue weighted by molar-refractivity contribution is 6.33. The minimum absolute atomic E-state index is 0.0373. The number of carbonyl (C=O) groups excluding carboxylic acids is 1. The Bertz CT molecular complexity index is 465. The molecular weight excluding hydrogens is 264 g/mol. The van der Waals surface area contributed by atoms with E-state index in [-0.39, 0.29) is 11.7 Å². The van der Waals surface area contributed by atoms with Crippen molar-refractivity contribution in [2.45, 2.75) is 19.3 Å². The minimum atomic E-state index is -0.247. The average molecular weight is 283 g/mol. The molecule has 0 heterocycles. The van der Waals surface area contributed by atoms with Crippen molar-refractivity contribution in [1.82, 2.24) is 5.32 Å². The van der Waals surface area contributed by atoms with Crippen molar-refractivity contribution in [3.63, 3.8) is 0 Å². The van der Waals surface area contributed by atoms with E-state index < -0.39 is 0 Å². The number of nitrogens with one attached hydrogen (secondary N) is 1. The normalized spacial score (nSPS) is 22.4. The molecule has 1 aliphatic rings. The summed E-state index contributed by atoms with van der Waals surface area (Å²) in [6.45, 7) is 1.29. The molecular formula is C14H19ClN2O2. The molecule has 1 amide bonds. The summed E-state index contributed by atoms with van der Waals surface area (Å²) >= 11 is 5.95. The second kappa shape index (κ2) is 6.26. The number of nitrogens with two attached hydrogens (primary N) is 1. The van der Waals surface area contributed by atoms with Gasteiger partial charge in [-0.1, -0.05) is 18.0 Å². The van der Waals surface area contributed by atoms with Gasteiger partial charge in [0.2, 0.25) is 0 Å². The van der Waals surface area contributed by atoms with Crippen LogP contribution >= 0.6 is 11.6 Å². The third-order valence-electron chi connectivity index (χ3n) is 3.84. The lowest BCUT2D eigenvalue weighted by atomic mass is 9.96. The first-order chi connectivity index (χ1) is 9.11. The molecule has 1 fully saturated rings. The summed E-state index contributed by atoms with van der Waals surface area (Å²) < 4.78 is 0. The quantitative estimate of drug-likeness (QED) is 0.792. The van der Waals surface area contributed by atoms with Crippen molar-refractivity contribution in [1.29, 1.82) is 0 Å². The molecule has 2 rings (SSSR count). The van der Waals surface area contributed by atoms with Crippen LogP contribution in [0.4, 0.5) is 0 Å². The van der Waals surface area contributed by atoms with Crippen molar-refractivity contribution in [2.24, 2.45) is 17.6 Å². The van der Waals surface area contributed by atoms with Gasteiger partial charge in [0.15, 0.2) is 0 Å². The summed E-state index contributed by atoms with van der Waals surface area (Å²) in [7, 11) is 0. The highest BCUT2D eigenvalue weighted by atomic mass is 35.5. The van der Waals surface area contributed by atoms with Gasteiger partial charge >= 0.3 is 0 Å². The van der Waals surface area contributed by atoms with Crippen LogP contribution in [-0.4, -0.2) is 24.1 Å². The molecule has 0 aromatic heterocycles. The third-order valence-corrected chi connectivity index (χ3v) is 4.17. The van der Waals surface area contributed by atoms with E-state index in [1.54, 1.807) is 0 Å². The first-order valence-electron chi connectivity index (χ1n) is 6.58. The second-order valence-electron chi connectivity index (χ2n) is 5.06. The molecule has 1 saturated carbocycles. The van der Waals surface area contributed by atoms with Crippen LogP contribution in [-0.2, 0) is 0 Å². The number of amides is 1. The van der Waals surface area contributed by atoms with Crippen LogP contribution < -0.4 is 11.1 Å². The third kappa shape index (κ3) is 3.39. The molecule has 4 N–H and O–H groups in total. The molecule has 1 aromatic carbocycles. The van der Waals surface area contributed by atoms with Crippen LogP contribution in [0.5, 0.6) is 5.75 Å². The van der Waals surface area contributed by atoms with Crippen LogP contribution in [0.15, 0.2) is 18.2 Å². The Labute approximate surface area is 117 Å². The summed E-state index contributed by atoms with van der Waals surface area (Å²) in [4.78, 5) is 12.0. The molecule has 5 heteroatoms. The molecule has 0 aliphatic heterocycles. The zero-order valence-electron chi connectivity index (χ0n) is 10.7. The van der Waals surface area contributed by atoms with Gasteiger partial charge in [-0.15, -0.1) is 0 Å². The summed E-state index contributed by atoms with van der Waals surface area (Å²) in [6, 6.07) is 4.36. The van der Waals surface area contributed by atoms with Crippen LogP contribution in [0.25, 0.3) is 0 Å². The van der Waals surface area contributed by atoms with Gasteiger partial charge in [-0.3, -0.25) is 4.79 Å². The number of hydrogen-bond donors (Lipinski definition) is 3. The van der Waals surface area contributed by atoms with Crippen molar-refractivity contribution < 1.29 is 9.90 Å². The fourth-order valence-corrected chi connectivity index (χ4v) is 2.90. The van der Waals surface area contributed by atoms with Gasteiger partial charge in [-0.2, -0.15) is 0 Å². The molecule has 19 heavy (non-hydrogen) atoms. The molecule has 0 radical (unpaired) electrons. The van der Waals surface area contributed by atoms with Gasteiger partial charge in [-0.25, -0.2) is 0 Å². The Kier molecular flexibility index (Phi) is 4.66. The van der Waals surface area contributed by atoms with Crippen LogP contribution in [0, 0.1) is 11.8 Å². The first kappa shape index (κ1) is 14.2. The number of carbonyl (C=O) groups is 1. The van der Waals surface area contributed by atoms with E-state index >= 15 is 0 Å². The molecule has 2 unspecified atom stereocenters. The predicted octanol–water partition coefficient (Wildman–Crippen LogP) is 2.15. The smallest absolute Gasteiger partial charge is 0.252 e. The van der Waals surface area contributed by atoms with Crippen LogP contribution in [0.2, 0.25) is 5.02 Å². The van der Waals surface area contributed by atoms with E-state index in [0.29, 0.717) is 35.5 Å². The summed E-state index contributed by atoms with van der Waals surface area (Å²) in [5.41, 5.74) is 6.03. The van der Waals surface area contributed by atoms with E-state index in [4.69, 9.17) is 17.3 Å². The topological polar surface area (TPSA) is 75.3 Å². The van der Waals surface area contributed by atoms with Crippen molar-refractivity contribution in [2.75, 3.05) is 13.1 Å². The minimum Gasteiger partial charge on any atom is -0.508 e. The molecule has 2 atom stereocenters. The SMILES string of the molecule is NCC1CCCC1CNC(=O)c1cc(O)ccc1Cl. The lowest BCUT2D eigenvalue weighted by Gasteiger charge is -2.18. The molecule has 0 spiro atoms. The average Bonchev–Trinajstić information content (AvgIpc) is 2.86. The molecule has 1 aliphatic carbocycles. The Morgan fingerprint density at radius 1 is 1.42 bits per heavy atom. The van der Waals surface area contributed by atoms with Crippen molar-refractivity contribution >= 4 is 17.5 Å². The zero-order valence-corrected chi connectivity index (χ0v) is 11.5. The van der Waals surface area contributed by atoms with Gasteiger partial charge < -0.3 is 16.2 Å². The van der Waals surface area contributed by atoms with Gasteiger partial charge in [0.1, 0.15) is 5.75 Å². The predicted molar refractivity (Wildman–Crippen MR) is 75.3 cm³/mol. The van der Waals surface area contributed by atoms with Gasteiger partial charge in [-0.05, 0) is 49.4 Å². The molecule has 4 nitrogen and oxygen atoms in total. The highest BCUT2D eigenvalue weighted by Crippen LogP contribution is 2.30. The Morgan fingerprint density at radius 2 is 2.16 bits per heavy atom. The molecule has 0 saturated heterocycles. The number of phenols is 1. The number of aromatic hydroxyl groups is 1. The largest absolute Gasteiger partial charge is 0.508 e. The monoisotopic (exact) mass is 282 g/mol. The number of halogens is 1. The summed E-state index contributed by atoms with van der Waals surface area (Å²) in [6.07, 6.45) is 3.43. The summed E-state index contributed by atoms with van der Waals surface area (Å²) in [5.74, 6) is 0.740. The fraction of sp³-hybridized carbons (Fsp3) is 0.500. The maximum Gasteiger partial charge on any atom is 0.252 e. The number of rotatable bonds is 4. The lowest BCUT2D eigenvalue weighted by molar-refractivity contribution is 0.0944. The van der Waals surface area contributed by atoms with E-state index in [0.717, 1.165) is 12.8 Å². The Hall–Kier alpha value is -1.26. The number of benzene rings is 1. The van der Waals surface area contributed by atoms with E-state index in [1.807, 2.05) is 0 Å². The maximum absolute atomic E-state index is 12.0. The molecule has 104 valence electrons. The van der Waals surface area contributed by atoms with Gasteiger partial charge in [0.05, 0.1) is 10.6 Å². The summed E-state index contributed by atoms with van der Waals surface area (Å²) in [5, 5.41) is 12.6. The van der Waals surface area contributed by atoms with E-state index in [9.17, 15) is 9.90 Å². The van der Waals surface area contributed by atoms with Gasteiger partial charge in [0, 0.05) is 6.54 Å². The number of hydrogen-bond acceptors (Lipinski definition) is 3. The lowest BCUT2D eigenvalue weighted by Crippen LogP contribution is -2.32. The molecule has 0 bridgehead atoms. The first-order valence-corrected chi connectivity index (χ1v) is 6.96. The van der Waals surface area contributed by atoms with Crippen LogP contribution in [0.1, 0.15) is 29.6 Å². The van der Waals surface area contributed by atoms with Crippen molar-refractivity contribution in [3.8, 4) is 5.75 Å². The van der Waals surface area contributed by atoms with Crippen molar-refractivity contribution in [3.05, 3.63) is 28.8 Å². The number of phenolic OH excluding ortho intramolecular Hbond substituents is 1. The second-order valence-corrected chi connectivity index (χ2v) is 5.47. The van der Waals surface area contributed by atoms with E-state index in [2.05, 4.69) is 5.32 Å². The highest BCUT2D eigenvalue weighted by Gasteiger charge is 2.26. The zero-order chi connectivity index (χ0) is 13.8. The fourth-order valence-electron chi connectivity index (χ4n) is 2.70. The van der Waals surface area contributed by atoms with E-state index in [1.165, 1.54) is 24.6 Å². The van der Waals surface area contributed by atoms with Crippen LogP contribution in [0.3, 0.4) is 0 Å². The standard InChI is InChI=1S/C14H19ClN2O2/c15-13-5-4-11(18)6-12(13)14(19)17-8-10-3-1-2-9(10)7-16/h4-6,9-10,18H,1-3,7-8,16H2,(H,17,19). The maximum atomic E-state index is 12.0. The van der Waals surface area contributed by atoms with Gasteiger partial charge in [0.25, 0.3) is 5.91 Å². The Morgan fingerprint density at radius 3 is 2.89 bits per heavy atom. The Balaban J connectivity index is 1.96.